The van der Waals surface area contributed by atoms with E-state index in [0.717, 1.165) is 5.56 Å². The smallest absolute Gasteiger partial charge is 0.255 e. The Morgan fingerprint density at radius 2 is 2.05 bits per heavy atom. The summed E-state index contributed by atoms with van der Waals surface area (Å²) in [6, 6.07) is 10.9. The average Bonchev–Trinajstić information content (AvgIpc) is 2.47. The second-order valence-corrected chi connectivity index (χ2v) is 4.56. The van der Waals surface area contributed by atoms with Crippen LogP contribution in [0.5, 0.6) is 11.5 Å². The standard InChI is InChI=1S/C16H16FNO3/c1-11-6-7-14(19)12(10-11)16(20)18-8-9-21-15-5-3-2-4-13(15)17/h2-7,10,19H,8-9H2,1H3,(H,18,20). The highest BCUT2D eigenvalue weighted by Gasteiger charge is 2.10. The van der Waals surface area contributed by atoms with Crippen LogP contribution in [0.4, 0.5) is 4.39 Å². The van der Waals surface area contributed by atoms with Gasteiger partial charge in [-0.2, -0.15) is 0 Å². The molecule has 21 heavy (non-hydrogen) atoms. The number of phenolic OH excluding ortho intramolecular Hbond substituents is 1. The molecular weight excluding hydrogens is 273 g/mol. The van der Waals surface area contributed by atoms with Crippen LogP contribution in [0, 0.1) is 12.7 Å². The van der Waals surface area contributed by atoms with E-state index in [0.29, 0.717) is 0 Å². The molecule has 0 saturated carbocycles. The zero-order chi connectivity index (χ0) is 15.2. The molecule has 0 atom stereocenters. The van der Waals surface area contributed by atoms with E-state index in [4.69, 9.17) is 4.74 Å². The van der Waals surface area contributed by atoms with Gasteiger partial charge in [-0.1, -0.05) is 23.8 Å². The first-order valence-electron chi connectivity index (χ1n) is 6.53. The lowest BCUT2D eigenvalue weighted by Gasteiger charge is -2.09. The third kappa shape index (κ3) is 3.95. The van der Waals surface area contributed by atoms with Crippen molar-refractivity contribution in [2.45, 2.75) is 6.92 Å². The fraction of sp³-hybridized carbons (Fsp3) is 0.188. The summed E-state index contributed by atoms with van der Waals surface area (Å²) in [7, 11) is 0. The molecule has 0 unspecified atom stereocenters. The van der Waals surface area contributed by atoms with E-state index < -0.39 is 11.7 Å². The highest BCUT2D eigenvalue weighted by Crippen LogP contribution is 2.18. The molecule has 2 aromatic carbocycles. The summed E-state index contributed by atoms with van der Waals surface area (Å²) in [5.74, 6) is -0.772. The number of aromatic hydroxyl groups is 1. The van der Waals surface area contributed by atoms with Crippen molar-refractivity contribution in [1.82, 2.24) is 5.32 Å². The molecule has 0 fully saturated rings. The monoisotopic (exact) mass is 289 g/mol. The third-order valence-electron chi connectivity index (χ3n) is 2.88. The molecular formula is C16H16FNO3. The van der Waals surface area contributed by atoms with E-state index in [1.54, 1.807) is 24.3 Å². The summed E-state index contributed by atoms with van der Waals surface area (Å²) < 4.78 is 18.5. The van der Waals surface area contributed by atoms with Crippen LogP contribution in [0.15, 0.2) is 42.5 Å². The molecule has 0 spiro atoms. The van der Waals surface area contributed by atoms with Gasteiger partial charge in [0.2, 0.25) is 0 Å². The first-order chi connectivity index (χ1) is 10.1. The molecule has 2 aromatic rings. The predicted octanol–water partition coefficient (Wildman–Crippen LogP) is 2.65. The number of rotatable bonds is 5. The van der Waals surface area contributed by atoms with Crippen LogP contribution >= 0.6 is 0 Å². The average molecular weight is 289 g/mol. The zero-order valence-electron chi connectivity index (χ0n) is 11.6. The van der Waals surface area contributed by atoms with E-state index in [1.807, 2.05) is 6.92 Å². The maximum absolute atomic E-state index is 13.3. The second kappa shape index (κ2) is 6.74. The van der Waals surface area contributed by atoms with Crippen molar-refractivity contribution in [1.29, 1.82) is 0 Å². The van der Waals surface area contributed by atoms with Gasteiger partial charge in [0.25, 0.3) is 5.91 Å². The van der Waals surface area contributed by atoms with E-state index in [-0.39, 0.29) is 30.2 Å². The van der Waals surface area contributed by atoms with Crippen LogP contribution in [0.1, 0.15) is 15.9 Å². The quantitative estimate of drug-likeness (QED) is 0.832. The van der Waals surface area contributed by atoms with Gasteiger partial charge in [0.15, 0.2) is 11.6 Å². The van der Waals surface area contributed by atoms with Gasteiger partial charge in [-0.25, -0.2) is 4.39 Å². The van der Waals surface area contributed by atoms with Crippen molar-refractivity contribution in [3.63, 3.8) is 0 Å². The van der Waals surface area contributed by atoms with Gasteiger partial charge in [0.1, 0.15) is 12.4 Å². The van der Waals surface area contributed by atoms with Gasteiger partial charge in [0, 0.05) is 0 Å². The van der Waals surface area contributed by atoms with Gasteiger partial charge in [0.05, 0.1) is 12.1 Å². The molecule has 0 bridgehead atoms. The van der Waals surface area contributed by atoms with Gasteiger partial charge >= 0.3 is 0 Å². The van der Waals surface area contributed by atoms with Crippen LogP contribution in [-0.2, 0) is 0 Å². The maximum atomic E-state index is 13.3. The minimum Gasteiger partial charge on any atom is -0.507 e. The number of carbonyl (C=O) groups is 1. The lowest BCUT2D eigenvalue weighted by atomic mass is 10.1. The van der Waals surface area contributed by atoms with Gasteiger partial charge < -0.3 is 15.2 Å². The molecule has 0 heterocycles. The van der Waals surface area contributed by atoms with Gasteiger partial charge in [-0.05, 0) is 31.2 Å². The molecule has 0 aliphatic carbocycles. The minimum atomic E-state index is -0.444. The molecule has 0 aliphatic rings. The number of phenols is 1. The molecule has 0 aromatic heterocycles. The Morgan fingerprint density at radius 3 is 2.81 bits per heavy atom. The van der Waals surface area contributed by atoms with Crippen molar-refractivity contribution in [3.8, 4) is 11.5 Å². The van der Waals surface area contributed by atoms with Crippen molar-refractivity contribution in [2.75, 3.05) is 13.2 Å². The number of hydrogen-bond acceptors (Lipinski definition) is 3. The Labute approximate surface area is 122 Å². The van der Waals surface area contributed by atoms with Crippen LogP contribution in [0.25, 0.3) is 0 Å². The van der Waals surface area contributed by atoms with Crippen LogP contribution < -0.4 is 10.1 Å². The normalized spacial score (nSPS) is 10.2. The molecule has 5 heteroatoms. The van der Waals surface area contributed by atoms with Crippen molar-refractivity contribution >= 4 is 5.91 Å². The molecule has 1 amide bonds. The number of amides is 1. The predicted molar refractivity (Wildman–Crippen MR) is 77.1 cm³/mol. The molecule has 0 saturated heterocycles. The summed E-state index contributed by atoms with van der Waals surface area (Å²) in [6.07, 6.45) is 0. The van der Waals surface area contributed by atoms with Crippen LogP contribution in [-0.4, -0.2) is 24.2 Å². The summed E-state index contributed by atoms with van der Waals surface area (Å²) in [5, 5.41) is 12.2. The van der Waals surface area contributed by atoms with E-state index in [9.17, 15) is 14.3 Å². The van der Waals surface area contributed by atoms with Crippen molar-refractivity contribution in [3.05, 3.63) is 59.4 Å². The third-order valence-corrected chi connectivity index (χ3v) is 2.88. The number of para-hydroxylation sites is 1. The number of hydrogen-bond donors (Lipinski definition) is 2. The largest absolute Gasteiger partial charge is 0.507 e. The Balaban J connectivity index is 1.85. The summed E-state index contributed by atoms with van der Waals surface area (Å²) >= 11 is 0. The number of benzene rings is 2. The number of aryl methyl sites for hydroxylation is 1. The molecule has 2 rings (SSSR count). The fourth-order valence-electron chi connectivity index (χ4n) is 1.81. The number of ether oxygens (including phenoxy) is 1. The van der Waals surface area contributed by atoms with E-state index in [2.05, 4.69) is 5.32 Å². The van der Waals surface area contributed by atoms with Crippen LogP contribution in [0.2, 0.25) is 0 Å². The van der Waals surface area contributed by atoms with E-state index >= 15 is 0 Å². The Kier molecular flexibility index (Phi) is 4.77. The fourth-order valence-corrected chi connectivity index (χ4v) is 1.81. The Morgan fingerprint density at radius 1 is 1.29 bits per heavy atom. The van der Waals surface area contributed by atoms with Crippen LogP contribution in [0.3, 0.4) is 0 Å². The summed E-state index contributed by atoms with van der Waals surface area (Å²) in [5.41, 5.74) is 1.08. The van der Waals surface area contributed by atoms with Crippen molar-refractivity contribution in [2.24, 2.45) is 0 Å². The van der Waals surface area contributed by atoms with Gasteiger partial charge in [-0.15, -0.1) is 0 Å². The second-order valence-electron chi connectivity index (χ2n) is 4.56. The molecule has 0 aliphatic heterocycles. The topological polar surface area (TPSA) is 58.6 Å². The summed E-state index contributed by atoms with van der Waals surface area (Å²) in [4.78, 5) is 11.9. The molecule has 2 N–H and O–H groups in total. The first-order valence-corrected chi connectivity index (χ1v) is 6.53. The lowest BCUT2D eigenvalue weighted by molar-refractivity contribution is 0.0944. The number of carbonyl (C=O) groups excluding carboxylic acids is 1. The van der Waals surface area contributed by atoms with Gasteiger partial charge in [-0.3, -0.25) is 4.79 Å². The maximum Gasteiger partial charge on any atom is 0.255 e. The molecule has 110 valence electrons. The Hall–Kier alpha value is -2.56. The van der Waals surface area contributed by atoms with E-state index in [1.165, 1.54) is 18.2 Å². The van der Waals surface area contributed by atoms with Crippen molar-refractivity contribution < 1.29 is 19.0 Å². The zero-order valence-corrected chi connectivity index (χ0v) is 11.6. The number of nitrogens with one attached hydrogen (secondary N) is 1. The first kappa shape index (κ1) is 14.8. The highest BCUT2D eigenvalue weighted by molar-refractivity contribution is 5.96. The molecule has 0 radical (unpaired) electrons. The highest BCUT2D eigenvalue weighted by atomic mass is 19.1. The number of halogens is 1. The Bertz CT molecular complexity index is 643. The lowest BCUT2D eigenvalue weighted by Crippen LogP contribution is -2.28. The summed E-state index contributed by atoms with van der Waals surface area (Å²) in [6.45, 7) is 2.18. The minimum absolute atomic E-state index is 0.0758. The SMILES string of the molecule is Cc1ccc(O)c(C(=O)NCCOc2ccccc2F)c1. The molecule has 4 nitrogen and oxygen atoms in total.